The molecule has 0 radical (unpaired) electrons. The summed E-state index contributed by atoms with van der Waals surface area (Å²) < 4.78 is 49.9. The molecular weight excluding hydrogens is 449 g/mol. The zero-order valence-electron chi connectivity index (χ0n) is 18.2. The maximum absolute atomic E-state index is 13.8. The first-order valence-corrected chi connectivity index (χ1v) is 10.8. The van der Waals surface area contributed by atoms with Crippen LogP contribution in [0.3, 0.4) is 0 Å². The topological polar surface area (TPSA) is 77.4 Å². The van der Waals surface area contributed by atoms with Crippen molar-refractivity contribution in [1.82, 2.24) is 19.9 Å². The normalized spacial score (nSPS) is 21.5. The van der Waals surface area contributed by atoms with Crippen LogP contribution in [0.4, 0.5) is 13.2 Å². The zero-order valence-corrected chi connectivity index (χ0v) is 18.2. The first-order valence-electron chi connectivity index (χ1n) is 10.8. The number of benzene rings is 1. The molecule has 2 aromatic heterocycles. The summed E-state index contributed by atoms with van der Waals surface area (Å²) in [4.78, 5) is 27.9. The van der Waals surface area contributed by atoms with Crippen LogP contribution in [0.15, 0.2) is 55.0 Å². The van der Waals surface area contributed by atoms with E-state index >= 15 is 0 Å². The summed E-state index contributed by atoms with van der Waals surface area (Å²) in [5.74, 6) is 0.949. The van der Waals surface area contributed by atoms with E-state index in [1.165, 1.54) is 13.2 Å². The Bertz CT molecular complexity index is 1190. The number of hydrogen-bond acceptors (Lipinski definition) is 6. The fourth-order valence-corrected chi connectivity index (χ4v) is 4.79. The molecule has 2 bridgehead atoms. The average molecular weight is 470 g/mol. The number of alkyl halides is 3. The van der Waals surface area contributed by atoms with Gasteiger partial charge in [-0.1, -0.05) is 12.1 Å². The SMILES string of the molecule is COc1cccc(-c2ncccn2)c1C(=O)N1C[C@H]2C[C@@H](Oc3ccc(C(F)(F)F)cn3)[C@@H]1C2. The quantitative estimate of drug-likeness (QED) is 0.555. The van der Waals surface area contributed by atoms with Gasteiger partial charge in [0.15, 0.2) is 5.82 Å². The number of fused-ring (bicyclic) bond motifs is 2. The number of pyridine rings is 1. The van der Waals surface area contributed by atoms with E-state index in [9.17, 15) is 18.0 Å². The molecule has 1 aromatic carbocycles. The second-order valence-electron chi connectivity index (χ2n) is 8.36. The average Bonchev–Trinajstić information content (AvgIpc) is 3.44. The lowest BCUT2D eigenvalue weighted by atomic mass is 10.0. The van der Waals surface area contributed by atoms with Gasteiger partial charge in [-0.25, -0.2) is 15.0 Å². The maximum atomic E-state index is 13.8. The van der Waals surface area contributed by atoms with E-state index in [1.807, 2.05) is 0 Å². The highest BCUT2D eigenvalue weighted by Crippen LogP contribution is 2.42. The Kier molecular flexibility index (Phi) is 5.59. The molecule has 3 atom stereocenters. The van der Waals surface area contributed by atoms with Gasteiger partial charge in [0.25, 0.3) is 5.91 Å². The van der Waals surface area contributed by atoms with Crippen molar-refractivity contribution in [3.05, 3.63) is 66.1 Å². The fraction of sp³-hybridized carbons (Fsp3) is 0.333. The van der Waals surface area contributed by atoms with Crippen LogP contribution in [0.25, 0.3) is 11.4 Å². The number of rotatable bonds is 5. The van der Waals surface area contributed by atoms with Gasteiger partial charge in [-0.2, -0.15) is 13.2 Å². The van der Waals surface area contributed by atoms with Crippen LogP contribution < -0.4 is 9.47 Å². The third-order valence-corrected chi connectivity index (χ3v) is 6.29. The minimum Gasteiger partial charge on any atom is -0.496 e. The predicted molar refractivity (Wildman–Crippen MR) is 115 cm³/mol. The molecule has 7 nitrogen and oxygen atoms in total. The molecule has 2 aliphatic rings. The summed E-state index contributed by atoms with van der Waals surface area (Å²) in [5.41, 5.74) is 0.0983. The van der Waals surface area contributed by atoms with Crippen molar-refractivity contribution in [2.75, 3.05) is 13.7 Å². The van der Waals surface area contributed by atoms with Crippen LogP contribution in [0.5, 0.6) is 11.6 Å². The lowest BCUT2D eigenvalue weighted by Gasteiger charge is -2.33. The van der Waals surface area contributed by atoms with Gasteiger partial charge >= 0.3 is 6.18 Å². The Morgan fingerprint density at radius 3 is 2.50 bits per heavy atom. The Balaban J connectivity index is 1.40. The number of ether oxygens (including phenoxy) is 2. The predicted octanol–water partition coefficient (Wildman–Crippen LogP) is 4.25. The molecule has 176 valence electrons. The van der Waals surface area contributed by atoms with Crippen LogP contribution in [0.2, 0.25) is 0 Å². The minimum absolute atomic E-state index is 0.105. The lowest BCUT2D eigenvalue weighted by Crippen LogP contribution is -2.47. The number of carbonyl (C=O) groups excluding carboxylic acids is 1. The summed E-state index contributed by atoms with van der Waals surface area (Å²) in [7, 11) is 1.50. The van der Waals surface area contributed by atoms with Gasteiger partial charge in [0.2, 0.25) is 5.88 Å². The van der Waals surface area contributed by atoms with Gasteiger partial charge < -0.3 is 14.4 Å². The number of hydrogen-bond donors (Lipinski definition) is 0. The van der Waals surface area contributed by atoms with Crippen molar-refractivity contribution in [3.8, 4) is 23.0 Å². The molecule has 1 saturated heterocycles. The first kappa shape index (κ1) is 22.1. The summed E-state index contributed by atoms with van der Waals surface area (Å²) in [6, 6.07) is 8.90. The Hall–Kier alpha value is -3.69. The molecule has 1 amide bonds. The van der Waals surface area contributed by atoms with E-state index in [0.29, 0.717) is 35.7 Å². The molecule has 0 unspecified atom stereocenters. The molecule has 0 N–H and O–H groups in total. The van der Waals surface area contributed by atoms with Crippen LogP contribution in [0, 0.1) is 5.92 Å². The van der Waals surface area contributed by atoms with E-state index in [1.54, 1.807) is 41.6 Å². The van der Waals surface area contributed by atoms with Crippen LogP contribution in [-0.4, -0.2) is 51.6 Å². The Morgan fingerprint density at radius 1 is 1.06 bits per heavy atom. The molecule has 0 spiro atoms. The largest absolute Gasteiger partial charge is 0.496 e. The molecule has 10 heteroatoms. The Labute approximate surface area is 193 Å². The van der Waals surface area contributed by atoms with E-state index < -0.39 is 11.7 Å². The second kappa shape index (κ2) is 8.58. The van der Waals surface area contributed by atoms with Crippen LogP contribution >= 0.6 is 0 Å². The number of aromatic nitrogens is 3. The number of amides is 1. The van der Waals surface area contributed by atoms with Crippen molar-refractivity contribution in [2.45, 2.75) is 31.2 Å². The van der Waals surface area contributed by atoms with E-state index in [-0.39, 0.29) is 29.9 Å². The van der Waals surface area contributed by atoms with Crippen molar-refractivity contribution in [2.24, 2.45) is 5.92 Å². The first-order chi connectivity index (χ1) is 16.3. The zero-order chi connectivity index (χ0) is 23.9. The molecule has 2 fully saturated rings. The lowest BCUT2D eigenvalue weighted by molar-refractivity contribution is -0.137. The molecular formula is C24H21F3N4O3. The summed E-state index contributed by atoms with van der Waals surface area (Å²) in [6.45, 7) is 0.566. The number of methoxy groups -OCH3 is 1. The molecule has 1 aliphatic heterocycles. The van der Waals surface area contributed by atoms with E-state index in [4.69, 9.17) is 9.47 Å². The van der Waals surface area contributed by atoms with Gasteiger partial charge in [0.05, 0.1) is 24.3 Å². The van der Waals surface area contributed by atoms with Gasteiger partial charge in [0, 0.05) is 36.8 Å². The fourth-order valence-electron chi connectivity index (χ4n) is 4.79. The number of nitrogens with zero attached hydrogens (tertiary/aromatic N) is 4. The number of piperidine rings is 1. The smallest absolute Gasteiger partial charge is 0.417 e. The summed E-state index contributed by atoms with van der Waals surface area (Å²) >= 11 is 0. The van der Waals surface area contributed by atoms with Gasteiger partial charge in [-0.15, -0.1) is 0 Å². The minimum atomic E-state index is -4.46. The van der Waals surface area contributed by atoms with Crippen molar-refractivity contribution in [1.29, 1.82) is 0 Å². The standard InChI is InChI=1S/C24H21F3N4O3/c1-33-18-5-2-4-16(22-28-8-3-9-29-22)21(18)23(32)31-13-14-10-17(31)19(11-14)34-20-7-6-15(12-30-20)24(25,26)27/h2-9,12,14,17,19H,10-11,13H2,1H3/t14-,17+,19-/m1/s1. The summed E-state index contributed by atoms with van der Waals surface area (Å²) in [6.07, 6.45) is 0.603. The molecule has 3 heterocycles. The van der Waals surface area contributed by atoms with Gasteiger partial charge in [-0.05, 0) is 37.0 Å². The second-order valence-corrected chi connectivity index (χ2v) is 8.36. The van der Waals surface area contributed by atoms with Gasteiger partial charge in [0.1, 0.15) is 11.9 Å². The third-order valence-electron chi connectivity index (χ3n) is 6.29. The van der Waals surface area contributed by atoms with Crippen LogP contribution in [-0.2, 0) is 6.18 Å². The van der Waals surface area contributed by atoms with Gasteiger partial charge in [-0.3, -0.25) is 4.79 Å². The third kappa shape index (κ3) is 4.04. The highest BCUT2D eigenvalue weighted by atomic mass is 19.4. The van der Waals surface area contributed by atoms with Crippen molar-refractivity contribution < 1.29 is 27.4 Å². The van der Waals surface area contributed by atoms with E-state index in [0.717, 1.165) is 18.7 Å². The monoisotopic (exact) mass is 470 g/mol. The highest BCUT2D eigenvalue weighted by Gasteiger charge is 2.49. The van der Waals surface area contributed by atoms with Crippen molar-refractivity contribution in [3.63, 3.8) is 0 Å². The van der Waals surface area contributed by atoms with E-state index in [2.05, 4.69) is 15.0 Å². The number of halogens is 3. The maximum Gasteiger partial charge on any atom is 0.417 e. The highest BCUT2D eigenvalue weighted by molar-refractivity contribution is 6.03. The Morgan fingerprint density at radius 2 is 1.85 bits per heavy atom. The summed E-state index contributed by atoms with van der Waals surface area (Å²) in [5, 5.41) is 0. The molecule has 34 heavy (non-hydrogen) atoms. The van der Waals surface area contributed by atoms with Crippen molar-refractivity contribution >= 4 is 5.91 Å². The molecule has 3 aromatic rings. The number of likely N-dealkylation sites (tertiary alicyclic amines) is 1. The molecule has 5 rings (SSSR count). The molecule has 1 saturated carbocycles. The van der Waals surface area contributed by atoms with Crippen LogP contribution in [0.1, 0.15) is 28.8 Å². The molecule has 1 aliphatic carbocycles. The number of carbonyl (C=O) groups is 1.